The van der Waals surface area contributed by atoms with E-state index in [1.807, 2.05) is 30.3 Å². The van der Waals surface area contributed by atoms with Crippen molar-refractivity contribution in [2.45, 2.75) is 6.54 Å². The summed E-state index contributed by atoms with van der Waals surface area (Å²) in [5.74, 6) is 0. The second-order valence-electron chi connectivity index (χ2n) is 4.46. The molecule has 0 fully saturated rings. The summed E-state index contributed by atoms with van der Waals surface area (Å²) in [6, 6.07) is 18.3. The molecule has 3 heteroatoms. The molecule has 0 unspecified atom stereocenters. The van der Waals surface area contributed by atoms with Gasteiger partial charge >= 0.3 is 0 Å². The molecule has 3 aromatic rings. The lowest BCUT2D eigenvalue weighted by atomic mass is 10.2. The van der Waals surface area contributed by atoms with E-state index in [1.54, 1.807) is 0 Å². The van der Waals surface area contributed by atoms with Crippen molar-refractivity contribution in [3.05, 3.63) is 70.3 Å². The van der Waals surface area contributed by atoms with Gasteiger partial charge in [0.05, 0.1) is 11.6 Å². The molecule has 0 radical (unpaired) electrons. The number of aromatic nitrogens is 1. The molecular formula is C16H11BrN2. The van der Waals surface area contributed by atoms with Crippen LogP contribution in [0, 0.1) is 11.3 Å². The lowest BCUT2D eigenvalue weighted by Crippen LogP contribution is -1.97. The average molecular weight is 311 g/mol. The van der Waals surface area contributed by atoms with Crippen molar-refractivity contribution >= 4 is 26.8 Å². The highest BCUT2D eigenvalue weighted by Gasteiger charge is 2.03. The molecular weight excluding hydrogens is 300 g/mol. The summed E-state index contributed by atoms with van der Waals surface area (Å²) in [6.07, 6.45) is 2.06. The van der Waals surface area contributed by atoms with Gasteiger partial charge in [0.15, 0.2) is 0 Å². The fourth-order valence-electron chi connectivity index (χ4n) is 2.18. The summed E-state index contributed by atoms with van der Waals surface area (Å²) in [5, 5.41) is 10.1. The summed E-state index contributed by atoms with van der Waals surface area (Å²) < 4.78 is 3.25. The Labute approximate surface area is 120 Å². The van der Waals surface area contributed by atoms with Crippen LogP contribution < -0.4 is 0 Å². The van der Waals surface area contributed by atoms with Crippen LogP contribution in [0.2, 0.25) is 0 Å². The Bertz CT molecular complexity index is 764. The van der Waals surface area contributed by atoms with Gasteiger partial charge in [0.1, 0.15) is 0 Å². The summed E-state index contributed by atoms with van der Waals surface area (Å²) in [7, 11) is 0. The molecule has 0 bridgehead atoms. The molecule has 0 amide bonds. The van der Waals surface area contributed by atoms with Crippen molar-refractivity contribution in [2.24, 2.45) is 0 Å². The van der Waals surface area contributed by atoms with Gasteiger partial charge in [-0.3, -0.25) is 0 Å². The lowest BCUT2D eigenvalue weighted by Gasteiger charge is -2.06. The molecule has 0 atom stereocenters. The van der Waals surface area contributed by atoms with E-state index in [0.29, 0.717) is 5.56 Å². The second kappa shape index (κ2) is 4.91. The maximum absolute atomic E-state index is 8.98. The molecule has 0 N–H and O–H groups in total. The largest absolute Gasteiger partial charge is 0.343 e. The van der Waals surface area contributed by atoms with E-state index in [2.05, 4.69) is 51.0 Å². The standard InChI is InChI=1S/C16H11BrN2/c17-15-5-2-12(3-6-15)11-19-8-7-14-4-1-13(10-18)9-16(14)19/h1-9H,11H2. The summed E-state index contributed by atoms with van der Waals surface area (Å²) >= 11 is 3.44. The van der Waals surface area contributed by atoms with Crippen LogP contribution in [-0.4, -0.2) is 4.57 Å². The number of hydrogen-bond donors (Lipinski definition) is 0. The lowest BCUT2D eigenvalue weighted by molar-refractivity contribution is 0.836. The highest BCUT2D eigenvalue weighted by atomic mass is 79.9. The molecule has 92 valence electrons. The van der Waals surface area contributed by atoms with Gasteiger partial charge in [0.2, 0.25) is 0 Å². The highest BCUT2D eigenvalue weighted by molar-refractivity contribution is 9.10. The smallest absolute Gasteiger partial charge is 0.0992 e. The van der Waals surface area contributed by atoms with Crippen LogP contribution in [0.5, 0.6) is 0 Å². The number of benzene rings is 2. The van der Waals surface area contributed by atoms with Crippen molar-refractivity contribution in [3.63, 3.8) is 0 Å². The van der Waals surface area contributed by atoms with Crippen LogP contribution in [-0.2, 0) is 6.54 Å². The zero-order valence-corrected chi connectivity index (χ0v) is 11.8. The minimum Gasteiger partial charge on any atom is -0.343 e. The molecule has 0 spiro atoms. The first-order valence-electron chi connectivity index (χ1n) is 6.00. The second-order valence-corrected chi connectivity index (χ2v) is 5.37. The highest BCUT2D eigenvalue weighted by Crippen LogP contribution is 2.19. The van der Waals surface area contributed by atoms with Gasteiger partial charge in [-0.25, -0.2) is 0 Å². The van der Waals surface area contributed by atoms with E-state index in [4.69, 9.17) is 5.26 Å². The van der Waals surface area contributed by atoms with Crippen molar-refractivity contribution in [3.8, 4) is 6.07 Å². The fourth-order valence-corrected chi connectivity index (χ4v) is 2.44. The Morgan fingerprint density at radius 2 is 1.84 bits per heavy atom. The first-order chi connectivity index (χ1) is 9.26. The molecule has 19 heavy (non-hydrogen) atoms. The van der Waals surface area contributed by atoms with E-state index in [-0.39, 0.29) is 0 Å². The molecule has 0 aliphatic heterocycles. The van der Waals surface area contributed by atoms with Gasteiger partial charge in [-0.15, -0.1) is 0 Å². The first kappa shape index (κ1) is 12.0. The maximum atomic E-state index is 8.98. The van der Waals surface area contributed by atoms with Crippen LogP contribution >= 0.6 is 15.9 Å². The predicted molar refractivity (Wildman–Crippen MR) is 79.9 cm³/mol. The normalized spacial score (nSPS) is 10.5. The monoisotopic (exact) mass is 310 g/mol. The number of nitrogens with zero attached hydrogens (tertiary/aromatic N) is 2. The number of halogens is 1. The van der Waals surface area contributed by atoms with Crippen LogP contribution in [0.3, 0.4) is 0 Å². The van der Waals surface area contributed by atoms with Gasteiger partial charge in [0, 0.05) is 22.7 Å². The van der Waals surface area contributed by atoms with Crippen LogP contribution in [0.15, 0.2) is 59.2 Å². The molecule has 2 aromatic carbocycles. The van der Waals surface area contributed by atoms with E-state index in [9.17, 15) is 0 Å². The van der Waals surface area contributed by atoms with E-state index in [1.165, 1.54) is 5.56 Å². The molecule has 0 saturated carbocycles. The minimum absolute atomic E-state index is 0.697. The third kappa shape index (κ3) is 2.40. The van der Waals surface area contributed by atoms with E-state index >= 15 is 0 Å². The predicted octanol–water partition coefficient (Wildman–Crippen LogP) is 4.32. The first-order valence-corrected chi connectivity index (χ1v) is 6.79. The van der Waals surface area contributed by atoms with E-state index in [0.717, 1.165) is 21.9 Å². The van der Waals surface area contributed by atoms with E-state index < -0.39 is 0 Å². The molecule has 2 nitrogen and oxygen atoms in total. The van der Waals surface area contributed by atoms with Gasteiger partial charge in [-0.1, -0.05) is 34.1 Å². The third-order valence-electron chi connectivity index (χ3n) is 3.17. The van der Waals surface area contributed by atoms with Gasteiger partial charge < -0.3 is 4.57 Å². The molecule has 1 aromatic heterocycles. The van der Waals surface area contributed by atoms with Crippen molar-refractivity contribution in [1.82, 2.24) is 4.57 Å². The number of rotatable bonds is 2. The van der Waals surface area contributed by atoms with Gasteiger partial charge in [0.25, 0.3) is 0 Å². The number of hydrogen-bond acceptors (Lipinski definition) is 1. The maximum Gasteiger partial charge on any atom is 0.0992 e. The molecule has 3 rings (SSSR count). The molecule has 0 saturated heterocycles. The van der Waals surface area contributed by atoms with Crippen LogP contribution in [0.25, 0.3) is 10.9 Å². The third-order valence-corrected chi connectivity index (χ3v) is 3.70. The van der Waals surface area contributed by atoms with Crippen molar-refractivity contribution in [1.29, 1.82) is 5.26 Å². The zero-order valence-electron chi connectivity index (χ0n) is 10.2. The SMILES string of the molecule is N#Cc1ccc2ccn(Cc3ccc(Br)cc3)c2c1. The van der Waals surface area contributed by atoms with Gasteiger partial charge in [-0.2, -0.15) is 5.26 Å². The Balaban J connectivity index is 2.01. The van der Waals surface area contributed by atoms with Gasteiger partial charge in [-0.05, 0) is 41.3 Å². The van der Waals surface area contributed by atoms with Crippen LogP contribution in [0.1, 0.15) is 11.1 Å². The molecule has 1 heterocycles. The van der Waals surface area contributed by atoms with Crippen molar-refractivity contribution in [2.75, 3.05) is 0 Å². The molecule has 0 aliphatic rings. The average Bonchev–Trinajstić information content (AvgIpc) is 2.84. The van der Waals surface area contributed by atoms with Crippen molar-refractivity contribution < 1.29 is 0 Å². The topological polar surface area (TPSA) is 28.7 Å². The summed E-state index contributed by atoms with van der Waals surface area (Å²) in [5.41, 5.74) is 3.04. The number of fused-ring (bicyclic) bond motifs is 1. The quantitative estimate of drug-likeness (QED) is 0.693. The summed E-state index contributed by atoms with van der Waals surface area (Å²) in [6.45, 7) is 0.811. The Hall–Kier alpha value is -2.05. The Morgan fingerprint density at radius 1 is 1.05 bits per heavy atom. The Kier molecular flexibility index (Phi) is 3.10. The minimum atomic E-state index is 0.697. The molecule has 0 aliphatic carbocycles. The van der Waals surface area contributed by atoms with Crippen LogP contribution in [0.4, 0.5) is 0 Å². The zero-order chi connectivity index (χ0) is 13.2. The number of nitriles is 1. The Morgan fingerprint density at radius 3 is 2.58 bits per heavy atom. The fraction of sp³-hybridized carbons (Fsp3) is 0.0625. The summed E-state index contributed by atoms with van der Waals surface area (Å²) in [4.78, 5) is 0.